The second-order valence-corrected chi connectivity index (χ2v) is 19.4. The van der Waals surface area contributed by atoms with Crippen LogP contribution in [0.25, 0.3) is 0 Å². The summed E-state index contributed by atoms with van der Waals surface area (Å²) in [6.45, 7) is 41.0. The first-order valence-electron chi connectivity index (χ1n) is 25.2. The van der Waals surface area contributed by atoms with Crippen LogP contribution in [0.15, 0.2) is 36.4 Å². The second kappa shape index (κ2) is 30.0. The van der Waals surface area contributed by atoms with Crippen molar-refractivity contribution in [3.05, 3.63) is 69.8 Å². The minimum atomic E-state index is 0.275. The van der Waals surface area contributed by atoms with E-state index in [2.05, 4.69) is 95.2 Å². The molecule has 6 rings (SSSR count). The lowest BCUT2D eigenvalue weighted by Gasteiger charge is -2.42. The molecule has 0 spiro atoms. The molecule has 0 radical (unpaired) electrons. The lowest BCUT2D eigenvalue weighted by atomic mass is 9.82. The maximum Gasteiger partial charge on any atom is 0.129 e. The lowest BCUT2D eigenvalue weighted by Crippen LogP contribution is -2.46. The summed E-state index contributed by atoms with van der Waals surface area (Å²) < 4.78 is 32.9. The Morgan fingerprint density at radius 3 is 1.17 bits per heavy atom. The molecule has 9 nitrogen and oxygen atoms in total. The van der Waals surface area contributed by atoms with E-state index in [1.807, 2.05) is 59.7 Å². The maximum atomic E-state index is 5.62. The van der Waals surface area contributed by atoms with Crippen LogP contribution in [-0.2, 0) is 19.6 Å². The molecule has 0 unspecified atom stereocenters. The van der Waals surface area contributed by atoms with Gasteiger partial charge in [0.2, 0.25) is 0 Å². The Morgan fingerprint density at radius 1 is 0.409 bits per heavy atom. The molecule has 0 atom stereocenters. The Labute approximate surface area is 406 Å². The van der Waals surface area contributed by atoms with Gasteiger partial charge in [0.1, 0.15) is 34.5 Å². The Hall–Kier alpha value is -3.66. The molecule has 66 heavy (non-hydrogen) atoms. The highest BCUT2D eigenvalue weighted by atomic mass is 16.5. The van der Waals surface area contributed by atoms with Crippen LogP contribution in [0.4, 0.5) is 0 Å². The standard InChI is InChI=1S/3C17H27NO2.3C2H6/c1-13-15(19-4)8-7-14(16(13)20-5)11-18-10-6-9-17(2,3)12-18;1-13-15(19-4)7-6-14(16(13)20-5)12-18-10-8-17(2,3)9-11-18;1-13-15(19-4)9-8-14(16(13)20-5)12-18-11-7-6-10-17(18,2)3;3*1-2/h7-8H,6,9-12H2,1-5H3;6-7H,8-12H2,1-5H3;8-9H,6-7,10-12H2,1-5H3;3*1-2H3. The fraction of sp³-hybridized carbons (Fsp3) is 0.684. The van der Waals surface area contributed by atoms with Crippen LogP contribution < -0.4 is 28.4 Å². The van der Waals surface area contributed by atoms with Crippen LogP contribution in [0.5, 0.6) is 34.5 Å². The molecule has 0 aromatic heterocycles. The quantitative estimate of drug-likeness (QED) is 0.177. The summed E-state index contributed by atoms with van der Waals surface area (Å²) in [5.74, 6) is 5.58. The number of piperidine rings is 3. The van der Waals surface area contributed by atoms with Gasteiger partial charge in [-0.25, -0.2) is 0 Å². The zero-order valence-corrected chi connectivity index (χ0v) is 46.4. The summed E-state index contributed by atoms with van der Waals surface area (Å²) >= 11 is 0. The zero-order valence-electron chi connectivity index (χ0n) is 46.4. The number of methoxy groups -OCH3 is 6. The average Bonchev–Trinajstić information content (AvgIpc) is 3.30. The van der Waals surface area contributed by atoms with Crippen LogP contribution in [0, 0.1) is 31.6 Å². The summed E-state index contributed by atoms with van der Waals surface area (Å²) in [7, 11) is 10.3. The molecule has 9 heteroatoms. The SMILES string of the molecule is CC.CC.CC.COc1ccc(CN2CCC(C)(C)CC2)c(OC)c1C.COc1ccc(CN2CCCC(C)(C)C2)c(OC)c1C.COc1ccc(CN2CCCCC2(C)C)c(OC)c1C. The third kappa shape index (κ3) is 17.8. The molecule has 0 amide bonds. The lowest BCUT2D eigenvalue weighted by molar-refractivity contribution is 0.0684. The third-order valence-corrected chi connectivity index (χ3v) is 13.2. The smallest absolute Gasteiger partial charge is 0.129 e. The normalized spacial score (nSPS) is 17.4. The van der Waals surface area contributed by atoms with Crippen molar-refractivity contribution in [1.29, 1.82) is 0 Å². The van der Waals surface area contributed by atoms with Crippen LogP contribution >= 0.6 is 0 Å². The van der Waals surface area contributed by atoms with Crippen molar-refractivity contribution < 1.29 is 28.4 Å². The Morgan fingerprint density at radius 2 is 0.803 bits per heavy atom. The van der Waals surface area contributed by atoms with E-state index in [0.29, 0.717) is 10.8 Å². The van der Waals surface area contributed by atoms with Gasteiger partial charge in [0.05, 0.1) is 42.7 Å². The van der Waals surface area contributed by atoms with E-state index in [1.54, 1.807) is 42.7 Å². The van der Waals surface area contributed by atoms with E-state index < -0.39 is 0 Å². The molecule has 3 saturated heterocycles. The van der Waals surface area contributed by atoms with Crippen molar-refractivity contribution in [2.45, 2.75) is 174 Å². The molecule has 0 saturated carbocycles. The summed E-state index contributed by atoms with van der Waals surface area (Å²) in [6, 6.07) is 12.5. The van der Waals surface area contributed by atoms with Crippen LogP contribution in [0.3, 0.4) is 0 Å². The number of hydrogen-bond acceptors (Lipinski definition) is 9. The number of nitrogens with zero attached hydrogens (tertiary/aromatic N) is 3. The van der Waals surface area contributed by atoms with Crippen LogP contribution in [0.2, 0.25) is 0 Å². The summed E-state index contributed by atoms with van der Waals surface area (Å²) in [4.78, 5) is 7.63. The fourth-order valence-corrected chi connectivity index (χ4v) is 9.38. The van der Waals surface area contributed by atoms with Gasteiger partial charge in [0.15, 0.2) is 0 Å². The molecule has 3 aromatic rings. The van der Waals surface area contributed by atoms with Crippen molar-refractivity contribution >= 4 is 0 Å². The van der Waals surface area contributed by atoms with Gasteiger partial charge in [0.25, 0.3) is 0 Å². The van der Waals surface area contributed by atoms with Crippen molar-refractivity contribution in [3.8, 4) is 34.5 Å². The second-order valence-electron chi connectivity index (χ2n) is 19.4. The minimum Gasteiger partial charge on any atom is -0.496 e. The Bertz CT molecular complexity index is 1810. The Kier molecular flexibility index (Phi) is 27.4. The Balaban J connectivity index is 0.000000467. The van der Waals surface area contributed by atoms with E-state index in [4.69, 9.17) is 28.4 Å². The van der Waals surface area contributed by atoms with Crippen LogP contribution in [0.1, 0.15) is 161 Å². The molecular weight excluding hydrogens is 823 g/mol. The van der Waals surface area contributed by atoms with Gasteiger partial charge in [-0.05, 0) is 128 Å². The number of likely N-dealkylation sites (tertiary alicyclic amines) is 3. The number of rotatable bonds is 12. The van der Waals surface area contributed by atoms with Crippen molar-refractivity contribution in [1.82, 2.24) is 14.7 Å². The highest BCUT2D eigenvalue weighted by Gasteiger charge is 2.31. The molecule has 3 fully saturated rings. The van der Waals surface area contributed by atoms with Crippen molar-refractivity contribution in [3.63, 3.8) is 0 Å². The van der Waals surface area contributed by atoms with Gasteiger partial charge in [-0.1, -0.05) is 93.9 Å². The van der Waals surface area contributed by atoms with E-state index in [9.17, 15) is 0 Å². The van der Waals surface area contributed by atoms with Gasteiger partial charge < -0.3 is 28.4 Å². The molecule has 3 aromatic carbocycles. The molecule has 3 aliphatic rings. The average molecular weight is 922 g/mol. The highest BCUT2D eigenvalue weighted by Crippen LogP contribution is 2.38. The minimum absolute atomic E-state index is 0.275. The first-order valence-corrected chi connectivity index (χ1v) is 25.2. The summed E-state index contributed by atoms with van der Waals surface area (Å²) in [5.41, 5.74) is 8.21. The maximum absolute atomic E-state index is 5.62. The van der Waals surface area contributed by atoms with E-state index >= 15 is 0 Å². The zero-order chi connectivity index (χ0) is 50.3. The number of benzene rings is 3. The topological polar surface area (TPSA) is 65.1 Å². The molecule has 3 heterocycles. The van der Waals surface area contributed by atoms with E-state index in [1.165, 1.54) is 87.8 Å². The molecule has 0 bridgehead atoms. The monoisotopic (exact) mass is 922 g/mol. The van der Waals surface area contributed by atoms with Gasteiger partial charge in [-0.15, -0.1) is 0 Å². The molecular formula is C57H99N3O6. The number of ether oxygens (including phenoxy) is 6. The van der Waals surface area contributed by atoms with E-state index in [0.717, 1.165) is 77.4 Å². The van der Waals surface area contributed by atoms with E-state index in [-0.39, 0.29) is 5.54 Å². The highest BCUT2D eigenvalue weighted by molar-refractivity contribution is 5.51. The first-order chi connectivity index (χ1) is 31.4. The first kappa shape index (κ1) is 60.4. The van der Waals surface area contributed by atoms with Crippen LogP contribution in [-0.4, -0.2) is 95.6 Å². The number of hydrogen-bond donors (Lipinski definition) is 0. The third-order valence-electron chi connectivity index (χ3n) is 13.2. The van der Waals surface area contributed by atoms with Crippen molar-refractivity contribution in [2.24, 2.45) is 10.8 Å². The predicted octanol–water partition coefficient (Wildman–Crippen LogP) is 14.1. The van der Waals surface area contributed by atoms with Gasteiger partial charge in [-0.3, -0.25) is 14.7 Å². The molecule has 0 aliphatic carbocycles. The fourth-order valence-electron chi connectivity index (χ4n) is 9.38. The predicted molar refractivity (Wildman–Crippen MR) is 282 cm³/mol. The molecule has 378 valence electrons. The summed E-state index contributed by atoms with van der Waals surface area (Å²) in [6.07, 6.45) is 9.04. The molecule has 0 N–H and O–H groups in total. The largest absolute Gasteiger partial charge is 0.496 e. The van der Waals surface area contributed by atoms with Gasteiger partial charge in [0, 0.05) is 65.1 Å². The van der Waals surface area contributed by atoms with Gasteiger partial charge in [-0.2, -0.15) is 0 Å². The molecule has 3 aliphatic heterocycles. The summed E-state index contributed by atoms with van der Waals surface area (Å²) in [5, 5.41) is 0. The van der Waals surface area contributed by atoms with Crippen molar-refractivity contribution in [2.75, 3.05) is 75.4 Å². The van der Waals surface area contributed by atoms with Gasteiger partial charge >= 0.3 is 0 Å².